The Bertz CT molecular complexity index is 1020. The first-order valence-electron chi connectivity index (χ1n) is 9.70. The highest BCUT2D eigenvalue weighted by Gasteiger charge is 2.33. The number of amides is 1. The highest BCUT2D eigenvalue weighted by molar-refractivity contribution is 7.89. The largest absolute Gasteiger partial charge is 0.492 e. The number of hydrogen-bond donors (Lipinski definition) is 1. The average molecular weight is 453 g/mol. The quantitative estimate of drug-likeness (QED) is 0.720. The number of sulfonamides is 1. The topological polar surface area (TPSA) is 84.9 Å². The van der Waals surface area contributed by atoms with Crippen molar-refractivity contribution in [1.29, 1.82) is 0 Å². The van der Waals surface area contributed by atoms with Gasteiger partial charge in [-0.2, -0.15) is 4.31 Å². The van der Waals surface area contributed by atoms with Crippen LogP contribution in [-0.2, 0) is 14.8 Å². The molecule has 2 aromatic carbocycles. The summed E-state index contributed by atoms with van der Waals surface area (Å²) < 4.78 is 38.9. The van der Waals surface area contributed by atoms with Gasteiger partial charge in [0.25, 0.3) is 5.91 Å². The standard InChI is InChI=1S/C21H25ClN2O5S/c1-4-28-19-8-6-5-7-18(19)23-21(25)16-9-10-17(22)20(11-16)30(26,27)24-12-14(2)29-15(3)13-24/h5-11,14-15H,4,12-13H2,1-3H3,(H,23,25)/t14-,15-/m1/s1. The summed E-state index contributed by atoms with van der Waals surface area (Å²) in [5, 5.41) is 2.83. The number of ether oxygens (including phenoxy) is 2. The van der Waals surface area contributed by atoms with Crippen molar-refractivity contribution in [2.45, 2.75) is 37.9 Å². The molecule has 0 bridgehead atoms. The van der Waals surface area contributed by atoms with E-state index in [-0.39, 0.29) is 40.8 Å². The lowest BCUT2D eigenvalue weighted by molar-refractivity contribution is -0.0440. The summed E-state index contributed by atoms with van der Waals surface area (Å²) in [5.41, 5.74) is 0.679. The Kier molecular flexibility index (Phi) is 7.02. The second-order valence-electron chi connectivity index (χ2n) is 7.11. The molecule has 1 amide bonds. The van der Waals surface area contributed by atoms with Gasteiger partial charge in [-0.15, -0.1) is 0 Å². The molecule has 0 spiro atoms. The Hall–Kier alpha value is -2.13. The third-order valence-corrected chi connectivity index (χ3v) is 6.95. The van der Waals surface area contributed by atoms with Crippen LogP contribution in [0.3, 0.4) is 0 Å². The van der Waals surface area contributed by atoms with Gasteiger partial charge in [0.1, 0.15) is 10.6 Å². The molecule has 162 valence electrons. The monoisotopic (exact) mass is 452 g/mol. The minimum Gasteiger partial charge on any atom is -0.492 e. The third-order valence-electron chi connectivity index (χ3n) is 4.63. The molecule has 0 aromatic heterocycles. The van der Waals surface area contributed by atoms with Gasteiger partial charge >= 0.3 is 0 Å². The summed E-state index contributed by atoms with van der Waals surface area (Å²) in [6.45, 7) is 6.39. The smallest absolute Gasteiger partial charge is 0.255 e. The summed E-state index contributed by atoms with van der Waals surface area (Å²) in [5.74, 6) is 0.0745. The molecule has 1 N–H and O–H groups in total. The lowest BCUT2D eigenvalue weighted by Gasteiger charge is -2.34. The van der Waals surface area contributed by atoms with E-state index >= 15 is 0 Å². The van der Waals surface area contributed by atoms with Crippen LogP contribution in [0.15, 0.2) is 47.4 Å². The van der Waals surface area contributed by atoms with Crippen LogP contribution in [0.5, 0.6) is 5.75 Å². The van der Waals surface area contributed by atoms with E-state index in [4.69, 9.17) is 21.1 Å². The number of para-hydroxylation sites is 2. The Morgan fingerprint density at radius 1 is 1.20 bits per heavy atom. The summed E-state index contributed by atoms with van der Waals surface area (Å²) in [4.78, 5) is 12.7. The first-order valence-corrected chi connectivity index (χ1v) is 11.5. The number of morpholine rings is 1. The minimum atomic E-state index is -3.89. The Morgan fingerprint density at radius 3 is 2.53 bits per heavy atom. The van der Waals surface area contributed by atoms with Crippen molar-refractivity contribution < 1.29 is 22.7 Å². The lowest BCUT2D eigenvalue weighted by atomic mass is 10.2. The second kappa shape index (κ2) is 9.34. The Labute approximate surface area is 182 Å². The van der Waals surface area contributed by atoms with Crippen LogP contribution in [0.1, 0.15) is 31.1 Å². The number of nitrogens with one attached hydrogen (secondary N) is 1. The normalized spacial score (nSPS) is 20.0. The van der Waals surface area contributed by atoms with Crippen LogP contribution in [0.25, 0.3) is 0 Å². The molecule has 30 heavy (non-hydrogen) atoms. The average Bonchev–Trinajstić information content (AvgIpc) is 2.69. The number of halogens is 1. The lowest BCUT2D eigenvalue weighted by Crippen LogP contribution is -2.48. The second-order valence-corrected chi connectivity index (χ2v) is 9.42. The van der Waals surface area contributed by atoms with E-state index < -0.39 is 15.9 Å². The molecule has 0 radical (unpaired) electrons. The van der Waals surface area contributed by atoms with Crippen molar-refractivity contribution in [3.8, 4) is 5.75 Å². The first-order chi connectivity index (χ1) is 14.2. The number of carbonyl (C=O) groups excluding carboxylic acids is 1. The van der Waals surface area contributed by atoms with Gasteiger partial charge in [-0.05, 0) is 51.1 Å². The fourth-order valence-corrected chi connectivity index (χ4v) is 5.45. The van der Waals surface area contributed by atoms with E-state index in [1.54, 1.807) is 24.3 Å². The summed E-state index contributed by atoms with van der Waals surface area (Å²) in [6, 6.07) is 11.3. The Balaban J connectivity index is 1.89. The summed E-state index contributed by atoms with van der Waals surface area (Å²) in [6.07, 6.45) is -0.465. The maximum Gasteiger partial charge on any atom is 0.255 e. The van der Waals surface area contributed by atoms with Crippen molar-refractivity contribution in [3.63, 3.8) is 0 Å². The zero-order valence-corrected chi connectivity index (χ0v) is 18.7. The van der Waals surface area contributed by atoms with Crippen molar-refractivity contribution >= 4 is 33.2 Å². The van der Waals surface area contributed by atoms with Crippen molar-refractivity contribution in [2.75, 3.05) is 25.0 Å². The molecule has 7 nitrogen and oxygen atoms in total. The van der Waals surface area contributed by atoms with Gasteiger partial charge in [-0.3, -0.25) is 4.79 Å². The molecule has 1 aliphatic rings. The van der Waals surface area contributed by atoms with E-state index in [0.29, 0.717) is 18.0 Å². The zero-order valence-electron chi connectivity index (χ0n) is 17.1. The van der Waals surface area contributed by atoms with E-state index in [1.165, 1.54) is 22.5 Å². The SMILES string of the molecule is CCOc1ccccc1NC(=O)c1ccc(Cl)c(S(=O)(=O)N2C[C@@H](C)O[C@H](C)C2)c1. The maximum atomic E-state index is 13.2. The molecule has 0 saturated carbocycles. The fourth-order valence-electron chi connectivity index (χ4n) is 3.35. The number of anilines is 1. The van der Waals surface area contributed by atoms with Gasteiger partial charge in [0.05, 0.1) is 29.5 Å². The fraction of sp³-hybridized carbons (Fsp3) is 0.381. The van der Waals surface area contributed by atoms with E-state index in [0.717, 1.165) is 0 Å². The molecule has 3 rings (SSSR count). The number of hydrogen-bond acceptors (Lipinski definition) is 5. The van der Waals surface area contributed by atoms with Gasteiger partial charge in [0.2, 0.25) is 10.0 Å². The van der Waals surface area contributed by atoms with Crippen molar-refractivity contribution in [2.24, 2.45) is 0 Å². The molecule has 0 aliphatic carbocycles. The molecule has 0 unspecified atom stereocenters. The molecule has 1 saturated heterocycles. The molecular weight excluding hydrogens is 428 g/mol. The molecular formula is C21H25ClN2O5S. The number of carbonyl (C=O) groups is 1. The molecule has 1 fully saturated rings. The van der Waals surface area contributed by atoms with Gasteiger partial charge in [0.15, 0.2) is 0 Å². The molecule has 1 heterocycles. The highest BCUT2D eigenvalue weighted by atomic mass is 35.5. The number of benzene rings is 2. The predicted octanol–water partition coefficient (Wildman–Crippen LogP) is 3.79. The van der Waals surface area contributed by atoms with Crippen LogP contribution in [0.2, 0.25) is 5.02 Å². The highest BCUT2D eigenvalue weighted by Crippen LogP contribution is 2.29. The Morgan fingerprint density at radius 2 is 1.87 bits per heavy atom. The van der Waals surface area contributed by atoms with Gasteiger partial charge in [-0.1, -0.05) is 23.7 Å². The summed E-state index contributed by atoms with van der Waals surface area (Å²) >= 11 is 6.22. The predicted molar refractivity (Wildman–Crippen MR) is 116 cm³/mol. The maximum absolute atomic E-state index is 13.2. The molecule has 9 heteroatoms. The van der Waals surface area contributed by atoms with E-state index in [1.807, 2.05) is 20.8 Å². The van der Waals surface area contributed by atoms with Crippen LogP contribution < -0.4 is 10.1 Å². The van der Waals surface area contributed by atoms with Gasteiger partial charge in [0, 0.05) is 18.7 Å². The molecule has 1 aliphatic heterocycles. The van der Waals surface area contributed by atoms with Crippen LogP contribution >= 0.6 is 11.6 Å². The minimum absolute atomic E-state index is 0.0630. The molecule has 2 atom stereocenters. The van der Waals surface area contributed by atoms with Gasteiger partial charge in [-0.25, -0.2) is 8.42 Å². The van der Waals surface area contributed by atoms with Crippen LogP contribution in [-0.4, -0.2) is 50.5 Å². The summed E-state index contributed by atoms with van der Waals surface area (Å²) in [7, 11) is -3.89. The van der Waals surface area contributed by atoms with Crippen LogP contribution in [0.4, 0.5) is 5.69 Å². The number of rotatable bonds is 6. The van der Waals surface area contributed by atoms with Crippen molar-refractivity contribution in [1.82, 2.24) is 4.31 Å². The zero-order chi connectivity index (χ0) is 21.9. The van der Waals surface area contributed by atoms with Crippen LogP contribution in [0, 0.1) is 0 Å². The number of nitrogens with zero attached hydrogens (tertiary/aromatic N) is 1. The van der Waals surface area contributed by atoms with Crippen molar-refractivity contribution in [3.05, 3.63) is 53.1 Å². The van der Waals surface area contributed by atoms with E-state index in [9.17, 15) is 13.2 Å². The third kappa shape index (κ3) is 4.95. The van der Waals surface area contributed by atoms with Gasteiger partial charge < -0.3 is 14.8 Å². The first kappa shape index (κ1) is 22.6. The molecule has 2 aromatic rings. The van der Waals surface area contributed by atoms with E-state index in [2.05, 4.69) is 5.32 Å².